The molecule has 2 aromatic carbocycles. The first-order valence-corrected chi connectivity index (χ1v) is 11.0. The van der Waals surface area contributed by atoms with Crippen LogP contribution in [0.4, 0.5) is 0 Å². The van der Waals surface area contributed by atoms with E-state index in [0.29, 0.717) is 38.3 Å². The summed E-state index contributed by atoms with van der Waals surface area (Å²) in [5.41, 5.74) is 3.34. The van der Waals surface area contributed by atoms with Gasteiger partial charge in [0, 0.05) is 35.8 Å². The van der Waals surface area contributed by atoms with Crippen LogP contribution in [-0.4, -0.2) is 43.2 Å². The van der Waals surface area contributed by atoms with Crippen molar-refractivity contribution in [2.24, 2.45) is 0 Å². The molecule has 1 amide bonds. The Kier molecular flexibility index (Phi) is 6.53. The van der Waals surface area contributed by atoms with E-state index < -0.39 is 0 Å². The quantitative estimate of drug-likeness (QED) is 0.766. The molecular weight excluding hydrogens is 384 g/mol. The number of halogens is 1. The summed E-state index contributed by atoms with van der Waals surface area (Å²) in [6.07, 6.45) is 3.47. The van der Waals surface area contributed by atoms with Gasteiger partial charge < -0.3 is 15.0 Å². The highest BCUT2D eigenvalue weighted by Gasteiger charge is 2.27. The minimum absolute atomic E-state index is 0.112. The molecule has 4 nitrogen and oxygen atoms in total. The number of benzene rings is 2. The lowest BCUT2D eigenvalue weighted by Gasteiger charge is -2.27. The monoisotopic (exact) mass is 412 g/mol. The SMILES string of the molecule is C[C@H](N[C@H]1CCC(c2ccc(C(=O)N3CCOCC3)cc2)C1)c1cccc(Cl)c1. The fourth-order valence-corrected chi connectivity index (χ4v) is 4.71. The maximum Gasteiger partial charge on any atom is 0.254 e. The van der Waals surface area contributed by atoms with Crippen LogP contribution >= 0.6 is 11.6 Å². The van der Waals surface area contributed by atoms with Crippen molar-refractivity contribution in [3.05, 3.63) is 70.2 Å². The minimum Gasteiger partial charge on any atom is -0.378 e. The van der Waals surface area contributed by atoms with Gasteiger partial charge in [0.15, 0.2) is 0 Å². The number of carbonyl (C=O) groups is 1. The number of carbonyl (C=O) groups excluding carboxylic acids is 1. The number of rotatable bonds is 5. The van der Waals surface area contributed by atoms with Crippen LogP contribution in [0, 0.1) is 0 Å². The summed E-state index contributed by atoms with van der Waals surface area (Å²) < 4.78 is 5.34. The maximum absolute atomic E-state index is 12.6. The van der Waals surface area contributed by atoms with Gasteiger partial charge in [0.1, 0.15) is 0 Å². The average Bonchev–Trinajstić information content (AvgIpc) is 3.22. The normalized spacial score (nSPS) is 23.2. The van der Waals surface area contributed by atoms with Crippen LogP contribution in [-0.2, 0) is 4.74 Å². The summed E-state index contributed by atoms with van der Waals surface area (Å²) in [7, 11) is 0. The number of ether oxygens (including phenoxy) is 1. The second-order valence-electron chi connectivity index (χ2n) is 8.18. The van der Waals surface area contributed by atoms with Crippen LogP contribution in [0.2, 0.25) is 5.02 Å². The first-order valence-electron chi connectivity index (χ1n) is 10.6. The molecule has 1 saturated heterocycles. The first kappa shape index (κ1) is 20.4. The maximum atomic E-state index is 12.6. The Balaban J connectivity index is 1.33. The fraction of sp³-hybridized carbons (Fsp3) is 0.458. The van der Waals surface area contributed by atoms with Crippen LogP contribution < -0.4 is 5.32 Å². The smallest absolute Gasteiger partial charge is 0.254 e. The van der Waals surface area contributed by atoms with Gasteiger partial charge in [-0.05, 0) is 67.5 Å². The molecule has 0 radical (unpaired) electrons. The van der Waals surface area contributed by atoms with Gasteiger partial charge in [0.2, 0.25) is 0 Å². The van der Waals surface area contributed by atoms with E-state index in [1.54, 1.807) is 0 Å². The molecule has 1 unspecified atom stereocenters. The second-order valence-corrected chi connectivity index (χ2v) is 8.61. The molecule has 2 aromatic rings. The third kappa shape index (κ3) is 5.00. The van der Waals surface area contributed by atoms with E-state index in [1.165, 1.54) is 24.0 Å². The van der Waals surface area contributed by atoms with Crippen LogP contribution in [0.15, 0.2) is 48.5 Å². The standard InChI is InChI=1S/C24H29ClN2O2/c1-17(20-3-2-4-22(25)15-20)26-23-10-9-21(16-23)18-5-7-19(8-6-18)24(28)27-11-13-29-14-12-27/h2-8,15,17,21,23,26H,9-14,16H2,1H3/t17-,21?,23-/m0/s1. The molecule has 1 aliphatic heterocycles. The minimum atomic E-state index is 0.112. The third-order valence-electron chi connectivity index (χ3n) is 6.19. The number of nitrogens with one attached hydrogen (secondary N) is 1. The number of hydrogen-bond acceptors (Lipinski definition) is 3. The van der Waals surface area contributed by atoms with Gasteiger partial charge >= 0.3 is 0 Å². The van der Waals surface area contributed by atoms with Crippen molar-refractivity contribution in [3.8, 4) is 0 Å². The highest BCUT2D eigenvalue weighted by Crippen LogP contribution is 2.35. The van der Waals surface area contributed by atoms with E-state index in [1.807, 2.05) is 35.2 Å². The van der Waals surface area contributed by atoms with Gasteiger partial charge in [0.25, 0.3) is 5.91 Å². The Morgan fingerprint density at radius 3 is 2.62 bits per heavy atom. The van der Waals surface area contributed by atoms with Crippen molar-refractivity contribution in [3.63, 3.8) is 0 Å². The highest BCUT2D eigenvalue weighted by molar-refractivity contribution is 6.30. The Morgan fingerprint density at radius 1 is 1.14 bits per heavy atom. The Morgan fingerprint density at radius 2 is 1.90 bits per heavy atom. The van der Waals surface area contributed by atoms with Crippen molar-refractivity contribution in [2.45, 2.75) is 44.2 Å². The molecule has 1 N–H and O–H groups in total. The van der Waals surface area contributed by atoms with Crippen LogP contribution in [0.3, 0.4) is 0 Å². The molecule has 1 saturated carbocycles. The number of hydrogen-bond donors (Lipinski definition) is 1. The van der Waals surface area contributed by atoms with Crippen molar-refractivity contribution >= 4 is 17.5 Å². The summed E-state index contributed by atoms with van der Waals surface area (Å²) in [6.45, 7) is 4.83. The zero-order valence-corrected chi connectivity index (χ0v) is 17.7. The lowest BCUT2D eigenvalue weighted by Crippen LogP contribution is -2.40. The number of morpholine rings is 1. The summed E-state index contributed by atoms with van der Waals surface area (Å²) >= 11 is 6.13. The molecule has 29 heavy (non-hydrogen) atoms. The van der Waals surface area contributed by atoms with Gasteiger partial charge in [-0.1, -0.05) is 35.9 Å². The molecule has 3 atom stereocenters. The molecule has 154 valence electrons. The largest absolute Gasteiger partial charge is 0.378 e. The molecule has 0 bridgehead atoms. The highest BCUT2D eigenvalue weighted by atomic mass is 35.5. The van der Waals surface area contributed by atoms with Crippen LogP contribution in [0.5, 0.6) is 0 Å². The molecule has 4 rings (SSSR count). The topological polar surface area (TPSA) is 41.6 Å². The number of amides is 1. The third-order valence-corrected chi connectivity index (χ3v) is 6.43. The van der Waals surface area contributed by atoms with E-state index in [9.17, 15) is 4.79 Å². The Hall–Kier alpha value is -1.88. The number of nitrogens with zero attached hydrogens (tertiary/aromatic N) is 1. The first-order chi connectivity index (χ1) is 14.1. The molecule has 2 aliphatic rings. The molecular formula is C24H29ClN2O2. The molecule has 1 heterocycles. The molecule has 0 spiro atoms. The van der Waals surface area contributed by atoms with Gasteiger partial charge in [-0.3, -0.25) is 4.79 Å². The summed E-state index contributed by atoms with van der Waals surface area (Å²) in [4.78, 5) is 14.5. The van der Waals surface area contributed by atoms with E-state index in [2.05, 4.69) is 30.4 Å². The summed E-state index contributed by atoms with van der Waals surface area (Å²) in [6, 6.07) is 17.1. The van der Waals surface area contributed by atoms with Crippen molar-refractivity contribution < 1.29 is 9.53 Å². The lowest BCUT2D eigenvalue weighted by molar-refractivity contribution is 0.0303. The van der Waals surface area contributed by atoms with E-state index in [-0.39, 0.29) is 11.9 Å². The lowest BCUT2D eigenvalue weighted by atomic mass is 9.96. The fourth-order valence-electron chi connectivity index (χ4n) is 4.51. The molecule has 0 aromatic heterocycles. The molecule has 2 fully saturated rings. The Labute approximate surface area is 178 Å². The van der Waals surface area contributed by atoms with E-state index >= 15 is 0 Å². The van der Waals surface area contributed by atoms with Gasteiger partial charge in [-0.25, -0.2) is 0 Å². The summed E-state index contributed by atoms with van der Waals surface area (Å²) in [5.74, 6) is 0.660. The van der Waals surface area contributed by atoms with Crippen LogP contribution in [0.1, 0.15) is 59.6 Å². The van der Waals surface area contributed by atoms with Crippen molar-refractivity contribution in [1.29, 1.82) is 0 Å². The zero-order valence-electron chi connectivity index (χ0n) is 16.9. The van der Waals surface area contributed by atoms with E-state index in [4.69, 9.17) is 16.3 Å². The predicted octanol–water partition coefficient (Wildman–Crippen LogP) is 4.80. The zero-order chi connectivity index (χ0) is 20.2. The molecule has 1 aliphatic carbocycles. The van der Waals surface area contributed by atoms with Gasteiger partial charge in [-0.15, -0.1) is 0 Å². The Bertz CT molecular complexity index is 833. The summed E-state index contributed by atoms with van der Waals surface area (Å²) in [5, 5.41) is 4.55. The van der Waals surface area contributed by atoms with Gasteiger partial charge in [0.05, 0.1) is 13.2 Å². The van der Waals surface area contributed by atoms with Crippen molar-refractivity contribution in [1.82, 2.24) is 10.2 Å². The average molecular weight is 413 g/mol. The second kappa shape index (κ2) is 9.29. The predicted molar refractivity (Wildman–Crippen MR) is 117 cm³/mol. The van der Waals surface area contributed by atoms with Crippen LogP contribution in [0.25, 0.3) is 0 Å². The van der Waals surface area contributed by atoms with E-state index in [0.717, 1.165) is 17.0 Å². The molecule has 5 heteroatoms. The van der Waals surface area contributed by atoms with Crippen molar-refractivity contribution in [2.75, 3.05) is 26.3 Å². The van der Waals surface area contributed by atoms with Gasteiger partial charge in [-0.2, -0.15) is 0 Å².